The number of hydrogen-bond acceptors (Lipinski definition) is 6. The minimum atomic E-state index is 0.210. The summed E-state index contributed by atoms with van der Waals surface area (Å²) in [6.07, 6.45) is 4.90. The number of nitrogen functional groups attached to an aromatic ring is 1. The molecule has 6 nitrogen and oxygen atoms in total. The Labute approximate surface area is 113 Å². The summed E-state index contributed by atoms with van der Waals surface area (Å²) in [5, 5.41) is 3.34. The van der Waals surface area contributed by atoms with Gasteiger partial charge in [0.1, 0.15) is 5.82 Å². The van der Waals surface area contributed by atoms with Gasteiger partial charge in [-0.25, -0.2) is 0 Å². The molecule has 0 saturated heterocycles. The van der Waals surface area contributed by atoms with Crippen molar-refractivity contribution in [1.82, 2.24) is 9.97 Å². The first kappa shape index (κ1) is 13.9. The quantitative estimate of drug-likeness (QED) is 0.815. The van der Waals surface area contributed by atoms with Crippen molar-refractivity contribution in [1.29, 1.82) is 0 Å². The Kier molecular flexibility index (Phi) is 4.42. The van der Waals surface area contributed by atoms with E-state index < -0.39 is 0 Å². The Hall–Kier alpha value is -1.56. The maximum absolute atomic E-state index is 5.64. The average Bonchev–Trinajstić information content (AvgIpc) is 2.85. The molecule has 3 N–H and O–H groups in total. The summed E-state index contributed by atoms with van der Waals surface area (Å²) in [5.41, 5.74) is 5.85. The van der Waals surface area contributed by atoms with Crippen molar-refractivity contribution in [2.75, 3.05) is 38.4 Å². The molecule has 0 amide bonds. The van der Waals surface area contributed by atoms with Gasteiger partial charge in [-0.1, -0.05) is 12.8 Å². The van der Waals surface area contributed by atoms with Crippen molar-refractivity contribution in [3.63, 3.8) is 0 Å². The van der Waals surface area contributed by atoms with Crippen LogP contribution in [0.5, 0.6) is 5.88 Å². The van der Waals surface area contributed by atoms with Gasteiger partial charge in [0, 0.05) is 25.1 Å². The summed E-state index contributed by atoms with van der Waals surface area (Å²) in [4.78, 5) is 8.13. The lowest BCUT2D eigenvalue weighted by molar-refractivity contribution is 0.0923. The number of nitrogens with zero attached hydrogens (tertiary/aromatic N) is 2. The summed E-state index contributed by atoms with van der Waals surface area (Å²) in [5.74, 6) is 1.39. The number of nitrogens with one attached hydrogen (secondary N) is 1. The SMILES string of the molecule is COCC1(CNc2cc(OC)nc(N)n2)CCCC1. The Morgan fingerprint density at radius 3 is 2.68 bits per heavy atom. The van der Waals surface area contributed by atoms with Crippen LogP contribution < -0.4 is 15.8 Å². The molecule has 1 fully saturated rings. The van der Waals surface area contributed by atoms with E-state index in [4.69, 9.17) is 15.2 Å². The van der Waals surface area contributed by atoms with Gasteiger partial charge >= 0.3 is 0 Å². The van der Waals surface area contributed by atoms with Gasteiger partial charge < -0.3 is 20.5 Å². The number of anilines is 2. The summed E-state index contributed by atoms with van der Waals surface area (Å²) in [6, 6.07) is 1.76. The van der Waals surface area contributed by atoms with Crippen LogP contribution in [0.25, 0.3) is 0 Å². The van der Waals surface area contributed by atoms with Crippen molar-refractivity contribution in [2.24, 2.45) is 5.41 Å². The zero-order valence-corrected chi connectivity index (χ0v) is 11.6. The molecule has 0 bridgehead atoms. The highest BCUT2D eigenvalue weighted by Gasteiger charge is 2.33. The summed E-state index contributed by atoms with van der Waals surface area (Å²) in [7, 11) is 3.32. The summed E-state index contributed by atoms with van der Waals surface area (Å²) in [6.45, 7) is 1.61. The molecule has 0 atom stereocenters. The predicted octanol–water partition coefficient (Wildman–Crippen LogP) is 1.69. The molecule has 0 radical (unpaired) electrons. The molecule has 19 heavy (non-hydrogen) atoms. The van der Waals surface area contributed by atoms with Crippen molar-refractivity contribution in [3.05, 3.63) is 6.07 Å². The largest absolute Gasteiger partial charge is 0.481 e. The van der Waals surface area contributed by atoms with Crippen molar-refractivity contribution in [3.8, 4) is 5.88 Å². The summed E-state index contributed by atoms with van der Waals surface area (Å²) >= 11 is 0. The second-order valence-electron chi connectivity index (χ2n) is 5.15. The highest BCUT2D eigenvalue weighted by Crippen LogP contribution is 2.38. The van der Waals surface area contributed by atoms with E-state index in [-0.39, 0.29) is 11.4 Å². The smallest absolute Gasteiger partial charge is 0.225 e. The normalized spacial score (nSPS) is 17.4. The van der Waals surface area contributed by atoms with Gasteiger partial charge in [0.25, 0.3) is 0 Å². The van der Waals surface area contributed by atoms with E-state index in [1.165, 1.54) is 25.7 Å². The van der Waals surface area contributed by atoms with Crippen molar-refractivity contribution in [2.45, 2.75) is 25.7 Å². The van der Waals surface area contributed by atoms with Crippen LogP contribution in [-0.4, -0.2) is 37.3 Å². The van der Waals surface area contributed by atoms with Crippen LogP contribution in [0.1, 0.15) is 25.7 Å². The Bertz CT molecular complexity index is 419. The van der Waals surface area contributed by atoms with E-state index in [1.807, 2.05) is 0 Å². The number of ether oxygens (including phenoxy) is 2. The monoisotopic (exact) mass is 266 g/mol. The molecule has 1 aromatic rings. The fourth-order valence-corrected chi connectivity index (χ4v) is 2.72. The van der Waals surface area contributed by atoms with E-state index in [0.717, 1.165) is 13.2 Å². The van der Waals surface area contributed by atoms with Gasteiger partial charge in [0.2, 0.25) is 11.8 Å². The fraction of sp³-hybridized carbons (Fsp3) is 0.692. The van der Waals surface area contributed by atoms with E-state index in [1.54, 1.807) is 20.3 Å². The Morgan fingerprint density at radius 2 is 2.05 bits per heavy atom. The molecular formula is C13H22N4O2. The molecule has 1 saturated carbocycles. The summed E-state index contributed by atoms with van der Waals surface area (Å²) < 4.78 is 10.4. The predicted molar refractivity (Wildman–Crippen MR) is 74.3 cm³/mol. The van der Waals surface area contributed by atoms with E-state index in [9.17, 15) is 0 Å². The van der Waals surface area contributed by atoms with Crippen LogP contribution in [0.4, 0.5) is 11.8 Å². The van der Waals surface area contributed by atoms with Crippen LogP contribution in [0.2, 0.25) is 0 Å². The van der Waals surface area contributed by atoms with Gasteiger partial charge in [0.15, 0.2) is 0 Å². The standard InChI is InChI=1S/C13H22N4O2/c1-18-9-13(5-3-4-6-13)8-15-10-7-11(19-2)17-12(14)16-10/h7H,3-6,8-9H2,1-2H3,(H3,14,15,16,17). The zero-order valence-electron chi connectivity index (χ0n) is 11.6. The molecule has 0 spiro atoms. The minimum Gasteiger partial charge on any atom is -0.481 e. The number of rotatable bonds is 6. The van der Waals surface area contributed by atoms with Crippen LogP contribution in [0, 0.1) is 5.41 Å². The van der Waals surface area contributed by atoms with Gasteiger partial charge in [-0.15, -0.1) is 0 Å². The van der Waals surface area contributed by atoms with Crippen molar-refractivity contribution < 1.29 is 9.47 Å². The van der Waals surface area contributed by atoms with E-state index in [2.05, 4.69) is 15.3 Å². The molecule has 2 rings (SSSR count). The number of nitrogens with two attached hydrogens (primary N) is 1. The molecule has 0 unspecified atom stereocenters. The number of aromatic nitrogens is 2. The van der Waals surface area contributed by atoms with Gasteiger partial charge in [0.05, 0.1) is 13.7 Å². The third kappa shape index (κ3) is 3.47. The number of methoxy groups -OCH3 is 2. The Morgan fingerprint density at radius 1 is 1.32 bits per heavy atom. The van der Waals surface area contributed by atoms with Crippen LogP contribution in [-0.2, 0) is 4.74 Å². The lowest BCUT2D eigenvalue weighted by Gasteiger charge is -2.28. The zero-order chi connectivity index (χ0) is 13.7. The first-order valence-corrected chi connectivity index (χ1v) is 6.59. The third-order valence-electron chi connectivity index (χ3n) is 3.69. The number of hydrogen-bond donors (Lipinski definition) is 2. The first-order chi connectivity index (χ1) is 9.17. The lowest BCUT2D eigenvalue weighted by Crippen LogP contribution is -2.31. The van der Waals surface area contributed by atoms with Gasteiger partial charge in [-0.2, -0.15) is 9.97 Å². The highest BCUT2D eigenvalue weighted by atomic mass is 16.5. The molecule has 1 heterocycles. The van der Waals surface area contributed by atoms with Crippen LogP contribution in [0.3, 0.4) is 0 Å². The van der Waals surface area contributed by atoms with Crippen LogP contribution in [0.15, 0.2) is 6.07 Å². The first-order valence-electron chi connectivity index (χ1n) is 6.59. The fourth-order valence-electron chi connectivity index (χ4n) is 2.72. The Balaban J connectivity index is 2.02. The van der Waals surface area contributed by atoms with E-state index in [0.29, 0.717) is 11.7 Å². The molecule has 1 aliphatic carbocycles. The molecule has 1 aliphatic rings. The average molecular weight is 266 g/mol. The maximum Gasteiger partial charge on any atom is 0.225 e. The molecule has 6 heteroatoms. The van der Waals surface area contributed by atoms with Crippen molar-refractivity contribution >= 4 is 11.8 Å². The molecule has 0 aliphatic heterocycles. The third-order valence-corrected chi connectivity index (χ3v) is 3.69. The lowest BCUT2D eigenvalue weighted by atomic mass is 9.87. The minimum absolute atomic E-state index is 0.210. The van der Waals surface area contributed by atoms with Gasteiger partial charge in [-0.05, 0) is 12.8 Å². The highest BCUT2D eigenvalue weighted by molar-refractivity contribution is 5.43. The topological polar surface area (TPSA) is 82.3 Å². The molecule has 1 aromatic heterocycles. The molecular weight excluding hydrogens is 244 g/mol. The molecule has 106 valence electrons. The maximum atomic E-state index is 5.64. The second-order valence-corrected chi connectivity index (χ2v) is 5.15. The second kappa shape index (κ2) is 6.06. The molecule has 0 aromatic carbocycles. The van der Waals surface area contributed by atoms with Crippen LogP contribution >= 0.6 is 0 Å². The van der Waals surface area contributed by atoms with Gasteiger partial charge in [-0.3, -0.25) is 0 Å². The van der Waals surface area contributed by atoms with E-state index >= 15 is 0 Å².